The van der Waals surface area contributed by atoms with Gasteiger partial charge in [-0.1, -0.05) is 84.8 Å². The molecule has 0 bridgehead atoms. The molecule has 0 aliphatic rings. The van der Waals surface area contributed by atoms with Gasteiger partial charge in [0.05, 0.1) is 24.8 Å². The Hall–Kier alpha value is -4.83. The second-order valence-electron chi connectivity index (χ2n) is 11.9. The molecule has 0 aliphatic heterocycles. The molecule has 1 N–H and O–H groups in total. The number of benzene rings is 4. The van der Waals surface area contributed by atoms with Crippen LogP contribution >= 0.6 is 0 Å². The summed E-state index contributed by atoms with van der Waals surface area (Å²) < 4.78 is 40.6. The van der Waals surface area contributed by atoms with Gasteiger partial charge in [0, 0.05) is 25.1 Å². The molecule has 2 amide bonds. The SMILES string of the molecule is CC[C@H](C)NC(=O)[C@@H](Cc1ccccc1)N(Cc1ccc(C)cc1)C(=O)CN(c1ccc(OC)c(OC)c1)S(=O)(=O)c1ccc(C)cc1. The van der Waals surface area contributed by atoms with Gasteiger partial charge in [-0.25, -0.2) is 8.42 Å². The van der Waals surface area contributed by atoms with E-state index in [1.54, 1.807) is 24.3 Å². The van der Waals surface area contributed by atoms with Gasteiger partial charge >= 0.3 is 0 Å². The van der Waals surface area contributed by atoms with E-state index in [4.69, 9.17) is 9.47 Å². The number of nitrogens with zero attached hydrogens (tertiary/aromatic N) is 2. The highest BCUT2D eigenvalue weighted by Gasteiger charge is 2.35. The Morgan fingerprint density at radius 2 is 1.40 bits per heavy atom. The second kappa shape index (κ2) is 16.3. The van der Waals surface area contributed by atoms with Crippen molar-refractivity contribution in [2.45, 2.75) is 64.1 Å². The van der Waals surface area contributed by atoms with Crippen molar-refractivity contribution in [3.63, 3.8) is 0 Å². The lowest BCUT2D eigenvalue weighted by atomic mass is 10.0. The average Bonchev–Trinajstić information content (AvgIpc) is 3.09. The number of anilines is 1. The highest BCUT2D eigenvalue weighted by atomic mass is 32.2. The van der Waals surface area contributed by atoms with E-state index in [9.17, 15) is 18.0 Å². The maximum absolute atomic E-state index is 14.7. The lowest BCUT2D eigenvalue weighted by Gasteiger charge is -2.34. The molecule has 10 heteroatoms. The highest BCUT2D eigenvalue weighted by molar-refractivity contribution is 7.92. The van der Waals surface area contributed by atoms with E-state index in [2.05, 4.69) is 5.32 Å². The van der Waals surface area contributed by atoms with Crippen LogP contribution in [0, 0.1) is 13.8 Å². The second-order valence-corrected chi connectivity index (χ2v) is 13.8. The molecule has 4 aromatic rings. The predicted octanol–water partition coefficient (Wildman–Crippen LogP) is 6.07. The average molecular weight is 672 g/mol. The monoisotopic (exact) mass is 671 g/mol. The van der Waals surface area contributed by atoms with Crippen LogP contribution in [0.1, 0.15) is 42.5 Å². The van der Waals surface area contributed by atoms with Gasteiger partial charge in [0.15, 0.2) is 11.5 Å². The Balaban J connectivity index is 1.84. The van der Waals surface area contributed by atoms with Crippen molar-refractivity contribution in [3.8, 4) is 11.5 Å². The first kappa shape index (κ1) is 36.0. The Bertz CT molecular complexity index is 1780. The van der Waals surface area contributed by atoms with Crippen LogP contribution in [0.15, 0.2) is 102 Å². The topological polar surface area (TPSA) is 105 Å². The number of carbonyl (C=O) groups is 2. The number of rotatable bonds is 15. The zero-order valence-electron chi connectivity index (χ0n) is 28.5. The van der Waals surface area contributed by atoms with Crippen LogP contribution in [0.3, 0.4) is 0 Å². The van der Waals surface area contributed by atoms with E-state index < -0.39 is 28.5 Å². The van der Waals surface area contributed by atoms with Crippen molar-refractivity contribution in [2.75, 3.05) is 25.1 Å². The van der Waals surface area contributed by atoms with Crippen LogP contribution in [-0.2, 0) is 32.6 Å². The summed E-state index contributed by atoms with van der Waals surface area (Å²) in [5.41, 5.74) is 3.83. The molecule has 0 radical (unpaired) electrons. The quantitative estimate of drug-likeness (QED) is 0.165. The summed E-state index contributed by atoms with van der Waals surface area (Å²) in [6, 6.07) is 27.3. The highest BCUT2D eigenvalue weighted by Crippen LogP contribution is 2.34. The van der Waals surface area contributed by atoms with Gasteiger partial charge < -0.3 is 19.7 Å². The first-order chi connectivity index (χ1) is 23.0. The first-order valence-electron chi connectivity index (χ1n) is 16.0. The molecule has 0 fully saturated rings. The van der Waals surface area contributed by atoms with Crippen LogP contribution < -0.4 is 19.1 Å². The summed E-state index contributed by atoms with van der Waals surface area (Å²) in [5, 5.41) is 3.06. The molecular weight excluding hydrogens is 627 g/mol. The molecular formula is C38H45N3O6S. The molecule has 0 saturated carbocycles. The van der Waals surface area contributed by atoms with Gasteiger partial charge in [0.2, 0.25) is 11.8 Å². The normalized spacial score (nSPS) is 12.5. The number of amides is 2. The van der Waals surface area contributed by atoms with Crippen molar-refractivity contribution >= 4 is 27.5 Å². The minimum absolute atomic E-state index is 0.0242. The summed E-state index contributed by atoms with van der Waals surface area (Å²) in [7, 11) is -1.32. The molecule has 0 unspecified atom stereocenters. The van der Waals surface area contributed by atoms with Crippen LogP contribution in [0.4, 0.5) is 5.69 Å². The largest absolute Gasteiger partial charge is 0.493 e. The molecule has 0 saturated heterocycles. The van der Waals surface area contributed by atoms with Crippen molar-refractivity contribution in [1.29, 1.82) is 0 Å². The molecule has 2 atom stereocenters. The summed E-state index contributed by atoms with van der Waals surface area (Å²) >= 11 is 0. The van der Waals surface area contributed by atoms with E-state index in [1.165, 1.54) is 37.3 Å². The predicted molar refractivity (Wildman–Crippen MR) is 189 cm³/mol. The maximum Gasteiger partial charge on any atom is 0.264 e. The van der Waals surface area contributed by atoms with Gasteiger partial charge in [0.25, 0.3) is 10.0 Å². The molecule has 0 aromatic heterocycles. The first-order valence-corrected chi connectivity index (χ1v) is 17.4. The number of methoxy groups -OCH3 is 2. The summed E-state index contributed by atoms with van der Waals surface area (Å²) in [6.07, 6.45) is 0.944. The van der Waals surface area contributed by atoms with E-state index in [1.807, 2.05) is 82.3 Å². The zero-order chi connectivity index (χ0) is 34.8. The minimum atomic E-state index is -4.26. The lowest BCUT2D eigenvalue weighted by molar-refractivity contribution is -0.140. The van der Waals surface area contributed by atoms with Gasteiger partial charge in [-0.15, -0.1) is 0 Å². The van der Waals surface area contributed by atoms with Crippen molar-refractivity contribution in [3.05, 3.63) is 119 Å². The van der Waals surface area contributed by atoms with Gasteiger partial charge in [-0.05, 0) is 62.6 Å². The fourth-order valence-electron chi connectivity index (χ4n) is 5.23. The van der Waals surface area contributed by atoms with Crippen molar-refractivity contribution < 1.29 is 27.5 Å². The van der Waals surface area contributed by atoms with Crippen LogP contribution in [0.2, 0.25) is 0 Å². The fraction of sp³-hybridized carbons (Fsp3) is 0.316. The molecule has 0 heterocycles. The number of hydrogen-bond acceptors (Lipinski definition) is 6. The third kappa shape index (κ3) is 8.95. The Kier molecular flexibility index (Phi) is 12.2. The number of ether oxygens (including phenoxy) is 2. The minimum Gasteiger partial charge on any atom is -0.493 e. The molecule has 0 spiro atoms. The maximum atomic E-state index is 14.7. The molecule has 4 rings (SSSR count). The molecule has 254 valence electrons. The van der Waals surface area contributed by atoms with E-state index in [-0.39, 0.29) is 35.5 Å². The van der Waals surface area contributed by atoms with E-state index >= 15 is 0 Å². The fourth-order valence-corrected chi connectivity index (χ4v) is 6.64. The Morgan fingerprint density at radius 1 is 0.792 bits per heavy atom. The van der Waals surface area contributed by atoms with Crippen LogP contribution in [0.5, 0.6) is 11.5 Å². The lowest BCUT2D eigenvalue weighted by Crippen LogP contribution is -2.54. The number of carbonyl (C=O) groups excluding carboxylic acids is 2. The van der Waals surface area contributed by atoms with Crippen molar-refractivity contribution in [1.82, 2.24) is 10.2 Å². The number of sulfonamides is 1. The molecule has 9 nitrogen and oxygen atoms in total. The summed E-state index contributed by atoms with van der Waals surface area (Å²) in [5.74, 6) is -0.141. The Morgan fingerprint density at radius 3 is 1.98 bits per heavy atom. The third-order valence-electron chi connectivity index (χ3n) is 8.29. The standard InChI is InChI=1S/C38H45N3O6S/c1-7-29(4)39-38(43)34(23-30-11-9-8-10-12-30)40(25-31-17-13-27(2)14-18-31)37(42)26-41(32-19-22-35(46-5)36(24-32)47-6)48(44,45)33-20-15-28(3)16-21-33/h8-22,24,29,34H,7,23,25-26H2,1-6H3,(H,39,43)/t29-,34+/m0/s1. The number of nitrogens with one attached hydrogen (secondary N) is 1. The summed E-state index contributed by atoms with van der Waals surface area (Å²) in [4.78, 5) is 30.2. The van der Waals surface area contributed by atoms with Gasteiger partial charge in [0.1, 0.15) is 12.6 Å². The van der Waals surface area contributed by atoms with Gasteiger partial charge in [-0.2, -0.15) is 0 Å². The zero-order valence-corrected chi connectivity index (χ0v) is 29.3. The van der Waals surface area contributed by atoms with Gasteiger partial charge in [-0.3, -0.25) is 13.9 Å². The molecule has 0 aliphatic carbocycles. The summed E-state index contributed by atoms with van der Waals surface area (Å²) in [6.45, 7) is 7.25. The van der Waals surface area contributed by atoms with Crippen molar-refractivity contribution in [2.24, 2.45) is 0 Å². The van der Waals surface area contributed by atoms with E-state index in [0.29, 0.717) is 17.9 Å². The molecule has 4 aromatic carbocycles. The van der Waals surface area contributed by atoms with Crippen LogP contribution in [-0.4, -0.2) is 58.0 Å². The van der Waals surface area contributed by atoms with Crippen LogP contribution in [0.25, 0.3) is 0 Å². The smallest absolute Gasteiger partial charge is 0.264 e. The van der Waals surface area contributed by atoms with E-state index in [0.717, 1.165) is 26.6 Å². The number of hydrogen-bond donors (Lipinski definition) is 1. The third-order valence-corrected chi connectivity index (χ3v) is 10.1. The molecule has 48 heavy (non-hydrogen) atoms. The number of aryl methyl sites for hydroxylation is 2. The Labute approximate surface area is 284 Å².